The van der Waals surface area contributed by atoms with Crippen LogP contribution in [0.2, 0.25) is 0 Å². The first kappa shape index (κ1) is 24.1. The maximum Gasteiger partial charge on any atom is 0.242 e. The minimum absolute atomic E-state index is 0.00132. The van der Waals surface area contributed by atoms with Gasteiger partial charge in [0.2, 0.25) is 11.9 Å². The van der Waals surface area contributed by atoms with Gasteiger partial charge in [-0.25, -0.2) is 15.0 Å². The summed E-state index contributed by atoms with van der Waals surface area (Å²) in [6, 6.07) is 5.92. The summed E-state index contributed by atoms with van der Waals surface area (Å²) in [5.41, 5.74) is 4.28. The fourth-order valence-electron chi connectivity index (χ4n) is 4.68. The minimum Gasteiger partial charge on any atom is -0.396 e. The highest BCUT2D eigenvalue weighted by molar-refractivity contribution is 5.92. The summed E-state index contributed by atoms with van der Waals surface area (Å²) < 4.78 is 3.84. The molecule has 0 saturated carbocycles. The van der Waals surface area contributed by atoms with Gasteiger partial charge in [-0.1, -0.05) is 6.07 Å². The van der Waals surface area contributed by atoms with Crippen molar-refractivity contribution in [1.29, 1.82) is 0 Å². The Morgan fingerprint density at radius 1 is 1.06 bits per heavy atom. The Balaban J connectivity index is 1.54. The number of rotatable bonds is 7. The number of aliphatic hydroxyl groups is 2. The van der Waals surface area contributed by atoms with Crippen molar-refractivity contribution in [3.05, 3.63) is 30.9 Å². The molecule has 0 spiro atoms. The number of benzene rings is 1. The summed E-state index contributed by atoms with van der Waals surface area (Å²) in [5, 5.41) is 19.6. The summed E-state index contributed by atoms with van der Waals surface area (Å²) in [6.07, 6.45) is 4.80. The van der Waals surface area contributed by atoms with E-state index < -0.39 is 5.41 Å². The van der Waals surface area contributed by atoms with Gasteiger partial charge >= 0.3 is 0 Å². The standard InChI is InChI=1S/C25H32N8O3/c1-4-31-16-27-22-21(17-5-6-19-18(11-17)26-15-33(19)12-20(36)30(2)3)28-24(29-23(22)31)32-9-7-25(13-34,14-35)8-10-32/h5-6,11,15-16,34-35H,4,7-10,12-14H2,1-3H3. The second-order valence-electron chi connectivity index (χ2n) is 9.74. The highest BCUT2D eigenvalue weighted by Crippen LogP contribution is 2.34. The average molecular weight is 493 g/mol. The van der Waals surface area contributed by atoms with Gasteiger partial charge in [-0.2, -0.15) is 4.98 Å². The van der Waals surface area contributed by atoms with Crippen LogP contribution in [0.5, 0.6) is 0 Å². The molecule has 0 radical (unpaired) electrons. The van der Waals surface area contributed by atoms with E-state index in [4.69, 9.17) is 9.97 Å². The molecule has 0 aliphatic carbocycles. The number of nitrogens with zero attached hydrogens (tertiary/aromatic N) is 8. The third kappa shape index (κ3) is 4.18. The first-order valence-corrected chi connectivity index (χ1v) is 12.2. The summed E-state index contributed by atoms with van der Waals surface area (Å²) in [7, 11) is 3.48. The van der Waals surface area contributed by atoms with E-state index in [2.05, 4.69) is 14.9 Å². The van der Waals surface area contributed by atoms with E-state index in [9.17, 15) is 15.0 Å². The SMILES string of the molecule is CCn1cnc2c(-c3ccc4c(c3)ncn4CC(=O)N(C)C)nc(N3CCC(CO)(CO)CC3)nc21. The maximum atomic E-state index is 12.2. The molecule has 4 aromatic rings. The molecular weight excluding hydrogens is 460 g/mol. The lowest BCUT2D eigenvalue weighted by Gasteiger charge is -2.39. The number of aliphatic hydroxyl groups excluding tert-OH is 2. The van der Waals surface area contributed by atoms with Crippen molar-refractivity contribution in [2.24, 2.45) is 5.41 Å². The van der Waals surface area contributed by atoms with Crippen LogP contribution >= 0.6 is 0 Å². The van der Waals surface area contributed by atoms with Crippen molar-refractivity contribution >= 4 is 34.1 Å². The van der Waals surface area contributed by atoms with Crippen LogP contribution in [0, 0.1) is 5.41 Å². The summed E-state index contributed by atoms with van der Waals surface area (Å²) in [4.78, 5) is 34.8. The number of amides is 1. The quantitative estimate of drug-likeness (QED) is 0.398. The third-order valence-electron chi connectivity index (χ3n) is 7.27. The molecular formula is C25H32N8O3. The number of imidazole rings is 2. The van der Waals surface area contributed by atoms with Crippen LogP contribution in [0.3, 0.4) is 0 Å². The van der Waals surface area contributed by atoms with Gasteiger partial charge in [0.1, 0.15) is 17.8 Å². The van der Waals surface area contributed by atoms with Crippen molar-refractivity contribution in [2.45, 2.75) is 32.9 Å². The molecule has 3 aromatic heterocycles. The molecule has 2 N–H and O–H groups in total. The summed E-state index contributed by atoms with van der Waals surface area (Å²) >= 11 is 0. The Labute approximate surface area is 209 Å². The zero-order valence-corrected chi connectivity index (χ0v) is 20.9. The number of aryl methyl sites for hydroxylation is 1. The number of fused-ring (bicyclic) bond motifs is 2. The molecule has 1 aliphatic heterocycles. The largest absolute Gasteiger partial charge is 0.396 e. The zero-order valence-electron chi connectivity index (χ0n) is 20.9. The Morgan fingerprint density at radius 2 is 1.78 bits per heavy atom. The number of piperidine rings is 1. The second-order valence-corrected chi connectivity index (χ2v) is 9.74. The lowest BCUT2D eigenvalue weighted by molar-refractivity contribution is -0.129. The highest BCUT2D eigenvalue weighted by Gasteiger charge is 2.34. The first-order valence-electron chi connectivity index (χ1n) is 12.2. The van der Waals surface area contributed by atoms with Gasteiger partial charge < -0.3 is 29.1 Å². The third-order valence-corrected chi connectivity index (χ3v) is 7.27. The predicted octanol–water partition coefficient (Wildman–Crippen LogP) is 1.52. The lowest BCUT2D eigenvalue weighted by atomic mass is 9.80. The summed E-state index contributed by atoms with van der Waals surface area (Å²) in [6.45, 7) is 4.24. The number of aromatic nitrogens is 6. The predicted molar refractivity (Wildman–Crippen MR) is 136 cm³/mol. The molecule has 11 heteroatoms. The average Bonchev–Trinajstić information content (AvgIpc) is 3.51. The molecule has 0 atom stereocenters. The number of anilines is 1. The van der Waals surface area contributed by atoms with E-state index in [1.165, 1.54) is 0 Å². The van der Waals surface area contributed by atoms with Gasteiger partial charge in [0.15, 0.2) is 5.65 Å². The Morgan fingerprint density at radius 3 is 2.44 bits per heavy atom. The van der Waals surface area contributed by atoms with Crippen LogP contribution < -0.4 is 4.90 Å². The van der Waals surface area contributed by atoms with E-state index in [0.717, 1.165) is 40.0 Å². The molecule has 4 heterocycles. The fraction of sp³-hybridized carbons (Fsp3) is 0.480. The van der Waals surface area contributed by atoms with Crippen LogP contribution in [0.15, 0.2) is 30.9 Å². The fourth-order valence-corrected chi connectivity index (χ4v) is 4.68. The molecule has 1 aliphatic rings. The van der Waals surface area contributed by atoms with Gasteiger partial charge in [0.25, 0.3) is 0 Å². The molecule has 1 saturated heterocycles. The van der Waals surface area contributed by atoms with Crippen LogP contribution in [-0.4, -0.2) is 90.5 Å². The van der Waals surface area contributed by atoms with Gasteiger partial charge in [-0.05, 0) is 31.9 Å². The number of hydrogen-bond donors (Lipinski definition) is 2. The van der Waals surface area contributed by atoms with Crippen LogP contribution in [0.25, 0.3) is 33.5 Å². The molecule has 1 aromatic carbocycles. The molecule has 190 valence electrons. The highest BCUT2D eigenvalue weighted by atomic mass is 16.3. The van der Waals surface area contributed by atoms with Crippen molar-refractivity contribution < 1.29 is 15.0 Å². The Hall–Kier alpha value is -3.57. The van der Waals surface area contributed by atoms with Crippen molar-refractivity contribution in [3.63, 3.8) is 0 Å². The van der Waals surface area contributed by atoms with Crippen molar-refractivity contribution in [2.75, 3.05) is 45.3 Å². The van der Waals surface area contributed by atoms with Crippen LogP contribution in [0.1, 0.15) is 19.8 Å². The normalized spacial score (nSPS) is 15.6. The molecule has 11 nitrogen and oxygen atoms in total. The molecule has 36 heavy (non-hydrogen) atoms. The number of carbonyl (C=O) groups excluding carboxylic acids is 1. The van der Waals surface area contributed by atoms with Crippen LogP contribution in [-0.2, 0) is 17.9 Å². The van der Waals surface area contributed by atoms with E-state index in [-0.39, 0.29) is 25.7 Å². The van der Waals surface area contributed by atoms with Crippen LogP contribution in [0.4, 0.5) is 5.95 Å². The number of likely N-dealkylation sites (N-methyl/N-ethyl adjacent to an activating group) is 1. The number of hydrogen-bond acceptors (Lipinski definition) is 8. The van der Waals surface area contributed by atoms with Gasteiger partial charge in [0.05, 0.1) is 36.9 Å². The lowest BCUT2D eigenvalue weighted by Crippen LogP contribution is -2.44. The van der Waals surface area contributed by atoms with E-state index >= 15 is 0 Å². The molecule has 0 unspecified atom stereocenters. The van der Waals surface area contributed by atoms with E-state index in [1.807, 2.05) is 34.3 Å². The monoisotopic (exact) mass is 492 g/mol. The smallest absolute Gasteiger partial charge is 0.242 e. The molecule has 5 rings (SSSR count). The Bertz CT molecular complexity index is 1400. The minimum atomic E-state index is -0.452. The topological polar surface area (TPSA) is 125 Å². The molecule has 1 fully saturated rings. The first-order chi connectivity index (χ1) is 17.4. The molecule has 1 amide bonds. The van der Waals surface area contributed by atoms with Crippen molar-refractivity contribution in [3.8, 4) is 11.3 Å². The van der Waals surface area contributed by atoms with E-state index in [0.29, 0.717) is 31.9 Å². The maximum absolute atomic E-state index is 12.2. The Kier molecular flexibility index (Phi) is 6.35. The van der Waals surface area contributed by atoms with Gasteiger partial charge in [0, 0.05) is 44.7 Å². The zero-order chi connectivity index (χ0) is 25.4. The van der Waals surface area contributed by atoms with Gasteiger partial charge in [-0.15, -0.1) is 0 Å². The summed E-state index contributed by atoms with van der Waals surface area (Å²) in [5.74, 6) is 0.609. The molecule has 0 bridgehead atoms. The van der Waals surface area contributed by atoms with E-state index in [1.54, 1.807) is 31.6 Å². The van der Waals surface area contributed by atoms with Crippen molar-refractivity contribution in [1.82, 2.24) is 34.0 Å². The second kappa shape index (κ2) is 9.47. The number of carbonyl (C=O) groups is 1. The van der Waals surface area contributed by atoms with Gasteiger partial charge in [-0.3, -0.25) is 4.79 Å².